The second-order valence-corrected chi connectivity index (χ2v) is 4.23. The summed E-state index contributed by atoms with van der Waals surface area (Å²) in [7, 11) is 1.32. The van der Waals surface area contributed by atoms with Gasteiger partial charge in [-0.3, -0.25) is 0 Å². The minimum Gasteiger partial charge on any atom is -0.242 e. The maximum Gasteiger partial charge on any atom is 0.282 e. The van der Waals surface area contributed by atoms with Gasteiger partial charge in [0.1, 0.15) is 5.69 Å². The third kappa shape index (κ3) is 1.76. The largest absolute Gasteiger partial charge is 0.282 e. The first kappa shape index (κ1) is 11.1. The van der Waals surface area contributed by atoms with Crippen LogP contribution in [0.15, 0.2) is 0 Å². The number of rotatable bonds is 1. The zero-order chi connectivity index (χ0) is 11.1. The van der Waals surface area contributed by atoms with Crippen LogP contribution in [0.4, 0.5) is 13.2 Å². The Morgan fingerprint density at radius 1 is 1.29 bits per heavy atom. The van der Waals surface area contributed by atoms with Gasteiger partial charge in [-0.25, -0.2) is 13.5 Å². The number of halogens is 3. The molecule has 1 aromatic heterocycles. The van der Waals surface area contributed by atoms with E-state index < -0.39 is 23.5 Å². The van der Waals surface area contributed by atoms with Crippen LogP contribution in [-0.4, -0.2) is 9.78 Å². The van der Waals surface area contributed by atoms with Crippen molar-refractivity contribution in [2.24, 2.45) is 7.05 Å². The van der Waals surface area contributed by atoms with Crippen LogP contribution in [0.2, 0.25) is 0 Å². The minimum absolute atomic E-state index is 0.00463. The molecule has 0 aromatic carbocycles. The number of hydrogen-bond acceptors (Lipinski definition) is 1. The molecule has 1 rings (SSSR count). The number of aryl methyl sites for hydroxylation is 1. The van der Waals surface area contributed by atoms with Crippen molar-refractivity contribution in [3.63, 3.8) is 0 Å². The predicted octanol–water partition coefficient (Wildman–Crippen LogP) is 2.79. The molecule has 1 aromatic rings. The van der Waals surface area contributed by atoms with Gasteiger partial charge in [0, 0.05) is 12.6 Å². The molecule has 0 atom stereocenters. The Bertz CT molecular complexity index is 337. The Labute approximate surface area is 80.7 Å². The van der Waals surface area contributed by atoms with Crippen LogP contribution in [0.5, 0.6) is 0 Å². The summed E-state index contributed by atoms with van der Waals surface area (Å²) in [4.78, 5) is 0. The summed E-state index contributed by atoms with van der Waals surface area (Å²) in [6.45, 7) is 5.04. The van der Waals surface area contributed by atoms with E-state index in [-0.39, 0.29) is 5.56 Å². The molecule has 0 aliphatic rings. The Morgan fingerprint density at radius 3 is 2.07 bits per heavy atom. The molecule has 0 aliphatic heterocycles. The average Bonchev–Trinajstić information content (AvgIpc) is 2.27. The quantitative estimate of drug-likeness (QED) is 0.690. The highest BCUT2D eigenvalue weighted by molar-refractivity contribution is 5.27. The molecule has 1 heterocycles. The number of nitrogens with zero attached hydrogens (tertiary/aromatic N) is 2. The Kier molecular flexibility index (Phi) is 2.61. The van der Waals surface area contributed by atoms with E-state index in [0.29, 0.717) is 0 Å². The summed E-state index contributed by atoms with van der Waals surface area (Å²) in [6.07, 6.45) is -2.74. The van der Waals surface area contributed by atoms with E-state index in [4.69, 9.17) is 0 Å². The van der Waals surface area contributed by atoms with Gasteiger partial charge < -0.3 is 0 Å². The summed E-state index contributed by atoms with van der Waals surface area (Å²) in [6, 6.07) is 0. The SMILES string of the molecule is Cn1nc(C(F)F)c(C(C)(C)C)c1F. The van der Waals surface area contributed by atoms with Crippen LogP contribution in [0.1, 0.15) is 38.5 Å². The molecule has 0 radical (unpaired) electrons. The van der Waals surface area contributed by atoms with Gasteiger partial charge in [0.05, 0.1) is 0 Å². The van der Waals surface area contributed by atoms with Crippen LogP contribution in [-0.2, 0) is 12.5 Å². The lowest BCUT2D eigenvalue weighted by molar-refractivity contribution is 0.142. The standard InChI is InChI=1S/C9H13F3N2/c1-9(2,3)5-6(7(10)11)13-14(4)8(5)12/h7H,1-4H3. The van der Waals surface area contributed by atoms with Crippen LogP contribution < -0.4 is 0 Å². The lowest BCUT2D eigenvalue weighted by Crippen LogP contribution is -2.15. The number of aromatic nitrogens is 2. The molecule has 0 aliphatic carbocycles. The van der Waals surface area contributed by atoms with Gasteiger partial charge >= 0.3 is 0 Å². The summed E-state index contributed by atoms with van der Waals surface area (Å²) >= 11 is 0. The molecule has 2 nitrogen and oxygen atoms in total. The van der Waals surface area contributed by atoms with Gasteiger partial charge in [0.2, 0.25) is 5.95 Å². The highest BCUT2D eigenvalue weighted by Crippen LogP contribution is 2.33. The first-order valence-electron chi connectivity index (χ1n) is 4.26. The zero-order valence-corrected chi connectivity index (χ0v) is 8.61. The molecule has 80 valence electrons. The van der Waals surface area contributed by atoms with Gasteiger partial charge in [-0.05, 0) is 5.41 Å². The topological polar surface area (TPSA) is 17.8 Å². The van der Waals surface area contributed by atoms with Gasteiger partial charge in [-0.15, -0.1) is 0 Å². The van der Waals surface area contributed by atoms with Crippen molar-refractivity contribution in [1.29, 1.82) is 0 Å². The van der Waals surface area contributed by atoms with Gasteiger partial charge in [0.15, 0.2) is 0 Å². The molecular weight excluding hydrogens is 193 g/mol. The first-order valence-corrected chi connectivity index (χ1v) is 4.26. The second kappa shape index (κ2) is 3.29. The Morgan fingerprint density at radius 2 is 1.79 bits per heavy atom. The third-order valence-corrected chi connectivity index (χ3v) is 1.96. The summed E-state index contributed by atoms with van der Waals surface area (Å²) in [5, 5.41) is 3.47. The van der Waals surface area contributed by atoms with E-state index in [1.165, 1.54) is 7.05 Å². The molecule has 0 amide bonds. The van der Waals surface area contributed by atoms with Crippen LogP contribution in [0.25, 0.3) is 0 Å². The van der Waals surface area contributed by atoms with Crippen molar-refractivity contribution in [3.8, 4) is 0 Å². The van der Waals surface area contributed by atoms with Gasteiger partial charge in [-0.1, -0.05) is 20.8 Å². The lowest BCUT2D eigenvalue weighted by Gasteiger charge is -2.18. The van der Waals surface area contributed by atoms with E-state index in [2.05, 4.69) is 5.10 Å². The maximum atomic E-state index is 13.4. The van der Waals surface area contributed by atoms with Crippen LogP contribution in [0, 0.1) is 5.95 Å². The monoisotopic (exact) mass is 206 g/mol. The number of alkyl halides is 2. The molecule has 14 heavy (non-hydrogen) atoms. The first-order chi connectivity index (χ1) is 6.25. The van der Waals surface area contributed by atoms with E-state index in [9.17, 15) is 13.2 Å². The molecule has 0 spiro atoms. The Hall–Kier alpha value is -1.00. The van der Waals surface area contributed by atoms with Crippen molar-refractivity contribution in [2.45, 2.75) is 32.6 Å². The molecule has 0 saturated heterocycles. The molecule has 0 saturated carbocycles. The van der Waals surface area contributed by atoms with Gasteiger partial charge in [-0.2, -0.15) is 9.49 Å². The number of hydrogen-bond donors (Lipinski definition) is 0. The summed E-state index contributed by atoms with van der Waals surface area (Å²) in [5.74, 6) is -0.687. The van der Waals surface area contributed by atoms with Gasteiger partial charge in [0.25, 0.3) is 6.43 Å². The molecule has 5 heteroatoms. The molecule has 0 N–H and O–H groups in total. The lowest BCUT2D eigenvalue weighted by atomic mass is 9.87. The summed E-state index contributed by atoms with van der Waals surface area (Å²) < 4.78 is 39.3. The fourth-order valence-corrected chi connectivity index (χ4v) is 1.37. The van der Waals surface area contributed by atoms with Crippen molar-refractivity contribution in [1.82, 2.24) is 9.78 Å². The van der Waals surface area contributed by atoms with Crippen molar-refractivity contribution >= 4 is 0 Å². The summed E-state index contributed by atoms with van der Waals surface area (Å²) in [5.41, 5.74) is -1.13. The maximum absolute atomic E-state index is 13.4. The fraction of sp³-hybridized carbons (Fsp3) is 0.667. The zero-order valence-electron chi connectivity index (χ0n) is 8.61. The molecular formula is C9H13F3N2. The molecule has 0 unspecified atom stereocenters. The van der Waals surface area contributed by atoms with Crippen molar-refractivity contribution in [3.05, 3.63) is 17.2 Å². The smallest absolute Gasteiger partial charge is 0.242 e. The van der Waals surface area contributed by atoms with E-state index >= 15 is 0 Å². The second-order valence-electron chi connectivity index (χ2n) is 4.23. The van der Waals surface area contributed by atoms with Crippen molar-refractivity contribution in [2.75, 3.05) is 0 Å². The normalized spacial score (nSPS) is 12.6. The molecule has 0 bridgehead atoms. The highest BCUT2D eigenvalue weighted by Gasteiger charge is 2.31. The predicted molar refractivity (Wildman–Crippen MR) is 46.8 cm³/mol. The third-order valence-electron chi connectivity index (χ3n) is 1.96. The van der Waals surface area contributed by atoms with Crippen LogP contribution in [0.3, 0.4) is 0 Å². The average molecular weight is 206 g/mol. The minimum atomic E-state index is -2.74. The fourth-order valence-electron chi connectivity index (χ4n) is 1.37. The van der Waals surface area contributed by atoms with Crippen molar-refractivity contribution < 1.29 is 13.2 Å². The van der Waals surface area contributed by atoms with Crippen LogP contribution >= 0.6 is 0 Å². The van der Waals surface area contributed by atoms with E-state index in [0.717, 1.165) is 4.68 Å². The van der Waals surface area contributed by atoms with E-state index in [1.54, 1.807) is 20.8 Å². The highest BCUT2D eigenvalue weighted by atomic mass is 19.3. The Balaban J connectivity index is 3.38. The van der Waals surface area contributed by atoms with E-state index in [1.807, 2.05) is 0 Å². The molecule has 0 fully saturated rings.